The topological polar surface area (TPSA) is 58.6 Å². The molecule has 0 fully saturated rings. The summed E-state index contributed by atoms with van der Waals surface area (Å²) >= 11 is 0. The van der Waals surface area contributed by atoms with Gasteiger partial charge in [0.2, 0.25) is 0 Å². The van der Waals surface area contributed by atoms with Gasteiger partial charge in [0.1, 0.15) is 0 Å². The first-order valence-electron chi connectivity index (χ1n) is 6.83. The molecule has 0 bridgehead atoms. The molecule has 112 valence electrons. The Morgan fingerprint density at radius 2 is 2.15 bits per heavy atom. The van der Waals surface area contributed by atoms with E-state index in [1.54, 1.807) is 13.8 Å². The van der Waals surface area contributed by atoms with E-state index in [1.165, 1.54) is 18.2 Å². The predicted molar refractivity (Wildman–Crippen MR) is 75.4 cm³/mol. The van der Waals surface area contributed by atoms with E-state index in [0.717, 1.165) is 0 Å². The molecular formula is C15H22FNO3. The van der Waals surface area contributed by atoms with Crippen molar-refractivity contribution in [1.29, 1.82) is 0 Å². The minimum absolute atomic E-state index is 0.0179. The van der Waals surface area contributed by atoms with E-state index in [4.69, 9.17) is 4.74 Å². The number of nitrogens with one attached hydrogen (secondary N) is 1. The average Bonchev–Trinajstić information content (AvgIpc) is 2.37. The number of aliphatic hydroxyl groups is 1. The molecule has 0 radical (unpaired) electrons. The molecule has 0 saturated heterocycles. The summed E-state index contributed by atoms with van der Waals surface area (Å²) in [5.41, 5.74) is 0.191. The number of benzene rings is 1. The predicted octanol–water partition coefficient (Wildman–Crippen LogP) is 2.36. The van der Waals surface area contributed by atoms with Gasteiger partial charge < -0.3 is 15.2 Å². The van der Waals surface area contributed by atoms with Crippen LogP contribution in [0, 0.1) is 11.7 Å². The van der Waals surface area contributed by atoms with Crippen molar-refractivity contribution in [2.24, 2.45) is 5.92 Å². The molecule has 5 heteroatoms. The van der Waals surface area contributed by atoms with Gasteiger partial charge >= 0.3 is 0 Å². The van der Waals surface area contributed by atoms with Gasteiger partial charge in [-0.05, 0) is 38.3 Å². The smallest absolute Gasteiger partial charge is 0.255 e. The number of carbonyl (C=O) groups excluding carboxylic acids is 1. The molecule has 2 N–H and O–H groups in total. The fourth-order valence-electron chi connectivity index (χ4n) is 2.01. The molecule has 0 saturated carbocycles. The van der Waals surface area contributed by atoms with E-state index in [1.807, 2.05) is 6.92 Å². The van der Waals surface area contributed by atoms with Crippen LogP contribution in [0.5, 0.6) is 5.75 Å². The number of para-hydroxylation sites is 1. The Kier molecular flexibility index (Phi) is 6.45. The largest absolute Gasteiger partial charge is 0.490 e. The van der Waals surface area contributed by atoms with Crippen LogP contribution in [0.25, 0.3) is 0 Å². The number of halogens is 1. The first-order chi connectivity index (χ1) is 9.45. The second-order valence-electron chi connectivity index (χ2n) is 4.95. The second-order valence-corrected chi connectivity index (χ2v) is 4.95. The van der Waals surface area contributed by atoms with Crippen molar-refractivity contribution in [2.75, 3.05) is 13.2 Å². The van der Waals surface area contributed by atoms with Gasteiger partial charge in [-0.3, -0.25) is 4.79 Å². The van der Waals surface area contributed by atoms with Crippen LogP contribution in [0.4, 0.5) is 4.39 Å². The Morgan fingerprint density at radius 3 is 2.75 bits per heavy atom. The summed E-state index contributed by atoms with van der Waals surface area (Å²) in [7, 11) is 0. The number of carbonyl (C=O) groups is 1. The molecule has 0 aliphatic carbocycles. The fourth-order valence-corrected chi connectivity index (χ4v) is 2.01. The SMILES string of the molecule is CCOc1c(F)cccc1C(=O)NCC(C)CC(C)O. The Labute approximate surface area is 119 Å². The molecule has 0 heterocycles. The van der Waals surface area contributed by atoms with Crippen molar-refractivity contribution < 1.29 is 19.0 Å². The maximum Gasteiger partial charge on any atom is 0.255 e. The van der Waals surface area contributed by atoms with E-state index in [9.17, 15) is 14.3 Å². The summed E-state index contributed by atoms with van der Waals surface area (Å²) in [6, 6.07) is 4.27. The molecule has 0 spiro atoms. The highest BCUT2D eigenvalue weighted by Gasteiger charge is 2.17. The van der Waals surface area contributed by atoms with Crippen LogP contribution in [-0.4, -0.2) is 30.3 Å². The van der Waals surface area contributed by atoms with Gasteiger partial charge in [-0.1, -0.05) is 13.0 Å². The molecule has 0 aliphatic rings. The van der Waals surface area contributed by atoms with Gasteiger partial charge in [-0.25, -0.2) is 4.39 Å². The van der Waals surface area contributed by atoms with Gasteiger partial charge in [-0.15, -0.1) is 0 Å². The fraction of sp³-hybridized carbons (Fsp3) is 0.533. The third-order valence-electron chi connectivity index (χ3n) is 2.85. The molecule has 20 heavy (non-hydrogen) atoms. The van der Waals surface area contributed by atoms with Crippen molar-refractivity contribution in [2.45, 2.75) is 33.3 Å². The third kappa shape index (κ3) is 4.81. The molecule has 1 amide bonds. The average molecular weight is 283 g/mol. The number of aliphatic hydroxyl groups excluding tert-OH is 1. The van der Waals surface area contributed by atoms with Gasteiger partial charge in [0.25, 0.3) is 5.91 Å². The molecule has 4 nitrogen and oxygen atoms in total. The highest BCUT2D eigenvalue weighted by molar-refractivity contribution is 5.96. The molecule has 1 aromatic rings. The summed E-state index contributed by atoms with van der Waals surface area (Å²) < 4.78 is 18.8. The Morgan fingerprint density at radius 1 is 1.45 bits per heavy atom. The Balaban J connectivity index is 2.70. The zero-order valence-corrected chi connectivity index (χ0v) is 12.1. The van der Waals surface area contributed by atoms with Crippen LogP contribution in [0.3, 0.4) is 0 Å². The van der Waals surface area contributed by atoms with Crippen molar-refractivity contribution >= 4 is 5.91 Å². The number of hydrogen-bond donors (Lipinski definition) is 2. The van der Waals surface area contributed by atoms with Crippen LogP contribution < -0.4 is 10.1 Å². The van der Waals surface area contributed by atoms with Gasteiger partial charge in [0.05, 0.1) is 18.3 Å². The normalized spacial score (nSPS) is 13.7. The highest BCUT2D eigenvalue weighted by Crippen LogP contribution is 2.22. The van der Waals surface area contributed by atoms with E-state index < -0.39 is 11.9 Å². The molecule has 0 aromatic heterocycles. The van der Waals surface area contributed by atoms with Crippen LogP contribution >= 0.6 is 0 Å². The lowest BCUT2D eigenvalue weighted by Crippen LogP contribution is -2.30. The Bertz CT molecular complexity index is 449. The standard InChI is InChI=1S/C15H22FNO3/c1-4-20-14-12(6-5-7-13(14)16)15(19)17-9-10(2)8-11(3)18/h5-7,10-11,18H,4,8-9H2,1-3H3,(H,17,19). The lowest BCUT2D eigenvalue weighted by atomic mass is 10.0. The molecule has 0 aliphatic heterocycles. The number of ether oxygens (including phenoxy) is 1. The summed E-state index contributed by atoms with van der Waals surface area (Å²) in [6.07, 6.45) is 0.192. The van der Waals surface area contributed by atoms with Crippen molar-refractivity contribution in [3.63, 3.8) is 0 Å². The van der Waals surface area contributed by atoms with Gasteiger partial charge in [0, 0.05) is 6.54 Å². The first kappa shape index (κ1) is 16.4. The third-order valence-corrected chi connectivity index (χ3v) is 2.85. The quantitative estimate of drug-likeness (QED) is 0.807. The van der Waals surface area contributed by atoms with E-state index >= 15 is 0 Å². The molecule has 2 unspecified atom stereocenters. The summed E-state index contributed by atoms with van der Waals surface area (Å²) in [5, 5.41) is 12.0. The lowest BCUT2D eigenvalue weighted by molar-refractivity contribution is 0.0934. The van der Waals surface area contributed by atoms with E-state index in [0.29, 0.717) is 19.6 Å². The minimum Gasteiger partial charge on any atom is -0.490 e. The zero-order chi connectivity index (χ0) is 15.1. The van der Waals surface area contributed by atoms with Crippen LogP contribution in [0.1, 0.15) is 37.6 Å². The number of hydrogen-bond acceptors (Lipinski definition) is 3. The van der Waals surface area contributed by atoms with Crippen molar-refractivity contribution in [3.8, 4) is 5.75 Å². The zero-order valence-electron chi connectivity index (χ0n) is 12.1. The molecule has 2 atom stereocenters. The van der Waals surface area contributed by atoms with Gasteiger partial charge in [0.15, 0.2) is 11.6 Å². The lowest BCUT2D eigenvalue weighted by Gasteiger charge is -2.15. The van der Waals surface area contributed by atoms with Crippen LogP contribution in [0.15, 0.2) is 18.2 Å². The molecule has 1 aromatic carbocycles. The summed E-state index contributed by atoms with van der Waals surface area (Å²) in [4.78, 5) is 12.1. The second kappa shape index (κ2) is 7.85. The number of rotatable bonds is 7. The molecular weight excluding hydrogens is 261 g/mol. The first-order valence-corrected chi connectivity index (χ1v) is 6.83. The van der Waals surface area contributed by atoms with E-state index in [2.05, 4.69) is 5.32 Å². The maximum atomic E-state index is 13.6. The minimum atomic E-state index is -0.545. The maximum absolute atomic E-state index is 13.6. The monoisotopic (exact) mass is 283 g/mol. The highest BCUT2D eigenvalue weighted by atomic mass is 19.1. The summed E-state index contributed by atoms with van der Waals surface area (Å²) in [6.45, 7) is 6.09. The number of amides is 1. The molecule has 1 rings (SSSR count). The van der Waals surface area contributed by atoms with Crippen LogP contribution in [-0.2, 0) is 0 Å². The summed E-state index contributed by atoms with van der Waals surface area (Å²) in [5.74, 6) is -0.791. The van der Waals surface area contributed by atoms with Crippen LogP contribution in [0.2, 0.25) is 0 Å². The Hall–Kier alpha value is -1.62. The van der Waals surface area contributed by atoms with E-state index in [-0.39, 0.29) is 23.1 Å². The van der Waals surface area contributed by atoms with Crippen molar-refractivity contribution in [3.05, 3.63) is 29.6 Å². The van der Waals surface area contributed by atoms with Crippen molar-refractivity contribution in [1.82, 2.24) is 5.32 Å². The van der Waals surface area contributed by atoms with Gasteiger partial charge in [-0.2, -0.15) is 0 Å².